The molecule has 2 heterocycles. The van der Waals surface area contributed by atoms with Crippen molar-refractivity contribution in [2.24, 2.45) is 10.9 Å². The van der Waals surface area contributed by atoms with Gasteiger partial charge in [0, 0.05) is 38.2 Å². The van der Waals surface area contributed by atoms with E-state index in [9.17, 15) is 4.79 Å². The first-order chi connectivity index (χ1) is 13.7. The van der Waals surface area contributed by atoms with Gasteiger partial charge in [0.1, 0.15) is 0 Å². The number of fused-ring (bicyclic) bond motifs is 1. The number of likely N-dealkylation sites (tertiary alicyclic amines) is 1. The van der Waals surface area contributed by atoms with E-state index in [-0.39, 0.29) is 11.8 Å². The van der Waals surface area contributed by atoms with Gasteiger partial charge < -0.3 is 20.9 Å². The molecule has 0 aromatic heterocycles. The lowest BCUT2D eigenvalue weighted by Crippen LogP contribution is -2.41. The number of piperidine rings is 1. The lowest BCUT2D eigenvalue weighted by Gasteiger charge is -2.30. The van der Waals surface area contributed by atoms with Gasteiger partial charge in [-0.3, -0.25) is 9.79 Å². The van der Waals surface area contributed by atoms with E-state index in [4.69, 9.17) is 0 Å². The van der Waals surface area contributed by atoms with E-state index >= 15 is 0 Å². The first kappa shape index (κ1) is 20.6. The van der Waals surface area contributed by atoms with Crippen LogP contribution in [0.3, 0.4) is 0 Å². The number of carbonyl (C=O) groups is 1. The molecule has 6 heteroatoms. The van der Waals surface area contributed by atoms with Crippen molar-refractivity contribution >= 4 is 17.6 Å². The predicted octanol–water partition coefficient (Wildman–Crippen LogP) is 2.79. The minimum Gasteiger partial charge on any atom is -0.356 e. The summed E-state index contributed by atoms with van der Waals surface area (Å²) in [6, 6.07) is 8.05. The molecule has 2 aliphatic rings. The molecular weight excluding hydrogens is 350 g/mol. The molecule has 2 aliphatic heterocycles. The fourth-order valence-electron chi connectivity index (χ4n) is 4.08. The topological polar surface area (TPSA) is 68.8 Å². The molecule has 1 saturated heterocycles. The van der Waals surface area contributed by atoms with Crippen LogP contribution in [0.25, 0.3) is 0 Å². The molecule has 1 amide bonds. The highest BCUT2D eigenvalue weighted by Gasteiger charge is 2.24. The zero-order valence-electron chi connectivity index (χ0n) is 17.3. The molecule has 0 saturated carbocycles. The zero-order chi connectivity index (χ0) is 19.8. The quantitative estimate of drug-likeness (QED) is 0.384. The fourth-order valence-corrected chi connectivity index (χ4v) is 4.08. The summed E-state index contributed by atoms with van der Waals surface area (Å²) in [6.45, 7) is 7.71. The van der Waals surface area contributed by atoms with E-state index < -0.39 is 0 Å². The number of hydrogen-bond donors (Lipinski definition) is 3. The second-order valence-electron chi connectivity index (χ2n) is 8.15. The number of nitrogens with one attached hydrogen (secondary N) is 3. The van der Waals surface area contributed by atoms with Crippen LogP contribution < -0.4 is 16.0 Å². The number of hydrogen-bond acceptors (Lipinski definition) is 3. The second kappa shape index (κ2) is 10.5. The highest BCUT2D eigenvalue weighted by Crippen LogP contribution is 2.31. The molecule has 3 rings (SSSR count). The van der Waals surface area contributed by atoms with Crippen LogP contribution in [0.2, 0.25) is 0 Å². The molecule has 1 fully saturated rings. The molecule has 1 aromatic rings. The minimum absolute atomic E-state index is 0.0838. The van der Waals surface area contributed by atoms with Crippen LogP contribution in [0, 0.1) is 5.92 Å². The smallest absolute Gasteiger partial charge is 0.225 e. The van der Waals surface area contributed by atoms with Crippen molar-refractivity contribution in [3.05, 3.63) is 29.8 Å². The Morgan fingerprint density at radius 3 is 2.79 bits per heavy atom. The summed E-state index contributed by atoms with van der Waals surface area (Å²) in [5.74, 6) is 1.97. The normalized spacial score (nSPS) is 21.1. The van der Waals surface area contributed by atoms with Crippen LogP contribution in [0.15, 0.2) is 29.3 Å². The first-order valence-corrected chi connectivity index (χ1v) is 10.7. The molecule has 154 valence electrons. The standard InChI is InChI=1S/C22H35N5O/c1-17-9-13-27(14-10-17)12-6-5-11-24-22(23-2)25-16-18-15-21(28)26-20-8-4-3-7-19(18)20/h3-4,7-8,17-18H,5-6,9-16H2,1-2H3,(H,26,28)(H2,23,24,25). The van der Waals surface area contributed by atoms with Crippen LogP contribution in [-0.2, 0) is 4.79 Å². The van der Waals surface area contributed by atoms with Gasteiger partial charge in [0.25, 0.3) is 0 Å². The summed E-state index contributed by atoms with van der Waals surface area (Å²) in [5, 5.41) is 9.76. The predicted molar refractivity (Wildman–Crippen MR) is 116 cm³/mol. The van der Waals surface area contributed by atoms with Crippen LogP contribution in [0.5, 0.6) is 0 Å². The Kier molecular flexibility index (Phi) is 7.71. The molecular formula is C22H35N5O. The summed E-state index contributed by atoms with van der Waals surface area (Å²) in [6.07, 6.45) is 5.56. The average Bonchev–Trinajstić information content (AvgIpc) is 2.71. The van der Waals surface area contributed by atoms with E-state index in [1.807, 2.05) is 18.2 Å². The van der Waals surface area contributed by atoms with Crippen molar-refractivity contribution in [1.29, 1.82) is 0 Å². The van der Waals surface area contributed by atoms with Crippen LogP contribution in [-0.4, -0.2) is 56.5 Å². The third-order valence-corrected chi connectivity index (χ3v) is 5.92. The molecule has 6 nitrogen and oxygen atoms in total. The van der Waals surface area contributed by atoms with Gasteiger partial charge in [0.05, 0.1) is 0 Å². The SMILES string of the molecule is CN=C(NCCCCN1CCC(C)CC1)NCC1CC(=O)Nc2ccccc21. The van der Waals surface area contributed by atoms with Crippen LogP contribution >= 0.6 is 0 Å². The van der Waals surface area contributed by atoms with Gasteiger partial charge in [-0.15, -0.1) is 0 Å². The minimum atomic E-state index is 0.0838. The monoisotopic (exact) mass is 385 g/mol. The molecule has 0 aliphatic carbocycles. The van der Waals surface area contributed by atoms with Gasteiger partial charge >= 0.3 is 0 Å². The van der Waals surface area contributed by atoms with E-state index in [2.05, 4.69) is 38.8 Å². The third kappa shape index (κ3) is 5.96. The van der Waals surface area contributed by atoms with E-state index in [0.717, 1.165) is 30.5 Å². The molecule has 1 unspecified atom stereocenters. The maximum atomic E-state index is 12.0. The maximum absolute atomic E-state index is 12.0. The van der Waals surface area contributed by atoms with Crippen molar-refractivity contribution in [3.8, 4) is 0 Å². The molecule has 0 spiro atoms. The number of anilines is 1. The molecule has 1 aromatic carbocycles. The van der Waals surface area contributed by atoms with Gasteiger partial charge in [-0.25, -0.2) is 0 Å². The Hall–Kier alpha value is -2.08. The molecule has 0 bridgehead atoms. The van der Waals surface area contributed by atoms with Crippen LogP contribution in [0.4, 0.5) is 5.69 Å². The number of benzene rings is 1. The Labute approximate surface area is 169 Å². The zero-order valence-corrected chi connectivity index (χ0v) is 17.3. The van der Waals surface area contributed by atoms with Crippen LogP contribution in [0.1, 0.15) is 50.5 Å². The van der Waals surface area contributed by atoms with Gasteiger partial charge in [-0.1, -0.05) is 25.1 Å². The number of carbonyl (C=O) groups excluding carboxylic acids is 1. The van der Waals surface area contributed by atoms with Gasteiger partial charge in [0.2, 0.25) is 5.91 Å². The molecule has 0 radical (unpaired) electrons. The molecule has 1 atom stereocenters. The van der Waals surface area contributed by atoms with Crippen molar-refractivity contribution < 1.29 is 4.79 Å². The van der Waals surface area contributed by atoms with Crippen molar-refractivity contribution in [2.45, 2.75) is 44.9 Å². The van der Waals surface area contributed by atoms with E-state index in [1.54, 1.807) is 7.05 Å². The van der Waals surface area contributed by atoms with E-state index in [0.29, 0.717) is 13.0 Å². The highest BCUT2D eigenvalue weighted by molar-refractivity contribution is 5.94. The number of unbranched alkanes of at least 4 members (excludes halogenated alkanes) is 1. The van der Waals surface area contributed by atoms with Crippen molar-refractivity contribution in [3.63, 3.8) is 0 Å². The Bertz CT molecular complexity index is 667. The van der Waals surface area contributed by atoms with Gasteiger partial charge in [-0.2, -0.15) is 0 Å². The third-order valence-electron chi connectivity index (χ3n) is 5.92. The summed E-state index contributed by atoms with van der Waals surface area (Å²) in [5.41, 5.74) is 2.13. The van der Waals surface area contributed by atoms with Crippen molar-refractivity contribution in [2.75, 3.05) is 45.1 Å². The Morgan fingerprint density at radius 1 is 1.21 bits per heavy atom. The fraction of sp³-hybridized carbons (Fsp3) is 0.636. The van der Waals surface area contributed by atoms with E-state index in [1.165, 1.54) is 44.5 Å². The molecule has 3 N–H and O–H groups in total. The summed E-state index contributed by atoms with van der Waals surface area (Å²) in [4.78, 5) is 18.9. The molecule has 28 heavy (non-hydrogen) atoms. The Balaban J connectivity index is 1.35. The van der Waals surface area contributed by atoms with Gasteiger partial charge in [-0.05, 0) is 62.9 Å². The number of nitrogens with zero attached hydrogens (tertiary/aromatic N) is 2. The lowest BCUT2D eigenvalue weighted by molar-refractivity contribution is -0.116. The number of aliphatic imine (C=N–C) groups is 1. The Morgan fingerprint density at radius 2 is 2.00 bits per heavy atom. The number of guanidine groups is 1. The average molecular weight is 386 g/mol. The number of rotatable bonds is 7. The summed E-state index contributed by atoms with van der Waals surface area (Å²) in [7, 11) is 1.80. The highest BCUT2D eigenvalue weighted by atomic mass is 16.1. The van der Waals surface area contributed by atoms with Crippen molar-refractivity contribution in [1.82, 2.24) is 15.5 Å². The number of amides is 1. The first-order valence-electron chi connectivity index (χ1n) is 10.7. The maximum Gasteiger partial charge on any atom is 0.225 e. The summed E-state index contributed by atoms with van der Waals surface area (Å²) < 4.78 is 0. The lowest BCUT2D eigenvalue weighted by atomic mass is 9.90. The second-order valence-corrected chi connectivity index (χ2v) is 8.15. The number of para-hydroxylation sites is 1. The largest absolute Gasteiger partial charge is 0.356 e. The summed E-state index contributed by atoms with van der Waals surface area (Å²) >= 11 is 0. The van der Waals surface area contributed by atoms with Gasteiger partial charge in [0.15, 0.2) is 5.96 Å².